The Morgan fingerprint density at radius 2 is 2.15 bits per heavy atom. The van der Waals surface area contributed by atoms with Crippen molar-refractivity contribution in [1.29, 1.82) is 0 Å². The number of aryl methyl sites for hydroxylation is 1. The predicted octanol–water partition coefficient (Wildman–Crippen LogP) is -1.03. The average Bonchev–Trinajstić information content (AvgIpc) is 2.52. The predicted molar refractivity (Wildman–Crippen MR) is 47.2 cm³/mol. The molecular formula is C7H14N4O2. The van der Waals surface area contributed by atoms with Crippen molar-refractivity contribution in [1.82, 2.24) is 15.0 Å². The van der Waals surface area contributed by atoms with Crippen molar-refractivity contribution in [3.05, 3.63) is 6.20 Å². The zero-order valence-corrected chi connectivity index (χ0v) is 7.73. The summed E-state index contributed by atoms with van der Waals surface area (Å²) < 4.78 is 1.53. The molecule has 0 spiro atoms. The van der Waals surface area contributed by atoms with E-state index in [2.05, 4.69) is 15.6 Å². The molecule has 13 heavy (non-hydrogen) atoms. The summed E-state index contributed by atoms with van der Waals surface area (Å²) >= 11 is 0. The second-order valence-electron chi connectivity index (χ2n) is 3.24. The summed E-state index contributed by atoms with van der Waals surface area (Å²) in [6.45, 7) is 1.39. The van der Waals surface area contributed by atoms with Gasteiger partial charge in [-0.1, -0.05) is 5.21 Å². The van der Waals surface area contributed by atoms with Gasteiger partial charge in [0.2, 0.25) is 0 Å². The van der Waals surface area contributed by atoms with Gasteiger partial charge in [0.25, 0.3) is 0 Å². The van der Waals surface area contributed by atoms with Crippen molar-refractivity contribution in [2.24, 2.45) is 7.05 Å². The van der Waals surface area contributed by atoms with Crippen LogP contribution in [0.25, 0.3) is 0 Å². The third kappa shape index (κ3) is 2.16. The molecule has 0 aromatic carbocycles. The van der Waals surface area contributed by atoms with E-state index >= 15 is 0 Å². The van der Waals surface area contributed by atoms with Gasteiger partial charge in [0.1, 0.15) is 5.82 Å². The van der Waals surface area contributed by atoms with E-state index in [9.17, 15) is 0 Å². The number of rotatable bonds is 4. The van der Waals surface area contributed by atoms with Crippen molar-refractivity contribution in [3.8, 4) is 0 Å². The minimum atomic E-state index is -0.741. The van der Waals surface area contributed by atoms with Crippen LogP contribution >= 0.6 is 0 Å². The maximum absolute atomic E-state index is 9.00. The molecule has 6 nitrogen and oxygen atoms in total. The van der Waals surface area contributed by atoms with Gasteiger partial charge in [-0.05, 0) is 6.92 Å². The Hall–Kier alpha value is -1.14. The third-order valence-corrected chi connectivity index (χ3v) is 1.84. The first-order chi connectivity index (χ1) is 6.11. The Morgan fingerprint density at radius 3 is 2.54 bits per heavy atom. The van der Waals surface area contributed by atoms with Gasteiger partial charge >= 0.3 is 0 Å². The van der Waals surface area contributed by atoms with Crippen LogP contribution in [0.2, 0.25) is 0 Å². The van der Waals surface area contributed by atoms with Gasteiger partial charge in [-0.2, -0.15) is 0 Å². The van der Waals surface area contributed by atoms with Gasteiger partial charge < -0.3 is 15.5 Å². The summed E-state index contributed by atoms with van der Waals surface area (Å²) in [6, 6.07) is 0. The SMILES string of the molecule is Cn1nncc1NC(C)(CO)CO. The Morgan fingerprint density at radius 1 is 1.54 bits per heavy atom. The van der Waals surface area contributed by atoms with Gasteiger partial charge in [-0.25, -0.2) is 4.68 Å². The van der Waals surface area contributed by atoms with E-state index in [-0.39, 0.29) is 13.2 Å². The molecule has 0 unspecified atom stereocenters. The van der Waals surface area contributed by atoms with Gasteiger partial charge in [0, 0.05) is 7.05 Å². The minimum Gasteiger partial charge on any atom is -0.394 e. The van der Waals surface area contributed by atoms with Crippen LogP contribution in [0.15, 0.2) is 6.20 Å². The molecular weight excluding hydrogens is 172 g/mol. The summed E-state index contributed by atoms with van der Waals surface area (Å²) in [5, 5.41) is 28.3. The van der Waals surface area contributed by atoms with Gasteiger partial charge in [-0.3, -0.25) is 0 Å². The molecule has 0 aliphatic carbocycles. The molecule has 6 heteroatoms. The molecule has 0 fully saturated rings. The molecule has 0 atom stereocenters. The number of aliphatic hydroxyl groups excluding tert-OH is 2. The van der Waals surface area contributed by atoms with E-state index in [0.717, 1.165) is 0 Å². The normalized spacial score (nSPS) is 11.7. The summed E-state index contributed by atoms with van der Waals surface area (Å²) in [5.74, 6) is 0.658. The van der Waals surface area contributed by atoms with E-state index < -0.39 is 5.54 Å². The van der Waals surface area contributed by atoms with E-state index in [1.807, 2.05) is 0 Å². The molecule has 1 rings (SSSR count). The highest BCUT2D eigenvalue weighted by Crippen LogP contribution is 2.11. The Bertz CT molecular complexity index is 269. The third-order valence-electron chi connectivity index (χ3n) is 1.84. The molecule has 0 radical (unpaired) electrons. The lowest BCUT2D eigenvalue weighted by Crippen LogP contribution is -2.43. The summed E-state index contributed by atoms with van der Waals surface area (Å²) in [5.41, 5.74) is -0.741. The highest BCUT2D eigenvalue weighted by Gasteiger charge is 2.22. The van der Waals surface area contributed by atoms with E-state index in [4.69, 9.17) is 10.2 Å². The van der Waals surface area contributed by atoms with E-state index in [0.29, 0.717) is 5.82 Å². The van der Waals surface area contributed by atoms with Crippen LogP contribution in [-0.4, -0.2) is 44.0 Å². The monoisotopic (exact) mass is 186 g/mol. The maximum Gasteiger partial charge on any atom is 0.145 e. The lowest BCUT2D eigenvalue weighted by molar-refractivity contribution is 0.147. The molecule has 74 valence electrons. The number of nitrogens with zero attached hydrogens (tertiary/aromatic N) is 3. The van der Waals surface area contributed by atoms with Crippen molar-refractivity contribution >= 4 is 5.82 Å². The van der Waals surface area contributed by atoms with Crippen LogP contribution in [0.4, 0.5) is 5.82 Å². The Balaban J connectivity index is 2.73. The van der Waals surface area contributed by atoms with Crippen LogP contribution in [0.3, 0.4) is 0 Å². The standard InChI is InChI=1S/C7H14N4O2/c1-7(4-12,5-13)9-6-3-8-10-11(6)2/h3,9,12-13H,4-5H2,1-2H3. The highest BCUT2D eigenvalue weighted by atomic mass is 16.3. The smallest absolute Gasteiger partial charge is 0.145 e. The first-order valence-electron chi connectivity index (χ1n) is 3.96. The lowest BCUT2D eigenvalue weighted by atomic mass is 10.1. The number of hydrogen-bond acceptors (Lipinski definition) is 5. The van der Waals surface area contributed by atoms with Gasteiger partial charge in [0.15, 0.2) is 0 Å². The van der Waals surface area contributed by atoms with Crippen LogP contribution in [0.1, 0.15) is 6.92 Å². The number of aromatic nitrogens is 3. The summed E-state index contributed by atoms with van der Waals surface area (Å²) in [6.07, 6.45) is 1.53. The molecule has 1 aromatic rings. The first-order valence-corrected chi connectivity index (χ1v) is 3.96. The molecule has 1 heterocycles. The van der Waals surface area contributed by atoms with Crippen LogP contribution in [-0.2, 0) is 7.05 Å². The molecule has 0 saturated heterocycles. The Kier molecular flexibility index (Phi) is 2.84. The van der Waals surface area contributed by atoms with Gasteiger partial charge in [-0.15, -0.1) is 5.10 Å². The second kappa shape index (κ2) is 3.71. The fourth-order valence-corrected chi connectivity index (χ4v) is 0.841. The second-order valence-corrected chi connectivity index (χ2v) is 3.24. The molecule has 1 aromatic heterocycles. The van der Waals surface area contributed by atoms with Gasteiger partial charge in [0.05, 0.1) is 24.9 Å². The number of anilines is 1. The highest BCUT2D eigenvalue weighted by molar-refractivity contribution is 5.34. The fraction of sp³-hybridized carbons (Fsp3) is 0.714. The fourth-order valence-electron chi connectivity index (χ4n) is 0.841. The van der Waals surface area contributed by atoms with Crippen molar-refractivity contribution in [2.75, 3.05) is 18.5 Å². The molecule has 0 saturated carbocycles. The lowest BCUT2D eigenvalue weighted by Gasteiger charge is -2.26. The van der Waals surface area contributed by atoms with Crippen LogP contribution in [0.5, 0.6) is 0 Å². The summed E-state index contributed by atoms with van der Waals surface area (Å²) in [7, 11) is 1.73. The largest absolute Gasteiger partial charge is 0.394 e. The first kappa shape index (κ1) is 9.94. The average molecular weight is 186 g/mol. The molecule has 0 bridgehead atoms. The molecule has 0 aliphatic rings. The molecule has 0 aliphatic heterocycles. The summed E-state index contributed by atoms with van der Waals surface area (Å²) in [4.78, 5) is 0. The molecule has 0 amide bonds. The van der Waals surface area contributed by atoms with E-state index in [1.54, 1.807) is 14.0 Å². The van der Waals surface area contributed by atoms with E-state index in [1.165, 1.54) is 10.9 Å². The van der Waals surface area contributed by atoms with Crippen molar-refractivity contribution < 1.29 is 10.2 Å². The molecule has 3 N–H and O–H groups in total. The number of aliphatic hydroxyl groups is 2. The van der Waals surface area contributed by atoms with Crippen LogP contribution < -0.4 is 5.32 Å². The van der Waals surface area contributed by atoms with Crippen molar-refractivity contribution in [2.45, 2.75) is 12.5 Å². The maximum atomic E-state index is 9.00. The zero-order valence-electron chi connectivity index (χ0n) is 7.73. The Labute approximate surface area is 76.2 Å². The minimum absolute atomic E-state index is 0.158. The van der Waals surface area contributed by atoms with Crippen molar-refractivity contribution in [3.63, 3.8) is 0 Å². The van der Waals surface area contributed by atoms with Crippen LogP contribution in [0, 0.1) is 0 Å². The number of hydrogen-bond donors (Lipinski definition) is 3. The zero-order chi connectivity index (χ0) is 9.90. The topological polar surface area (TPSA) is 83.2 Å². The quantitative estimate of drug-likeness (QED) is 0.560. The number of nitrogens with one attached hydrogen (secondary N) is 1.